The van der Waals surface area contributed by atoms with Crippen LogP contribution in [0, 0.1) is 0 Å². The smallest absolute Gasteiger partial charge is 0.338 e. The lowest BCUT2D eigenvalue weighted by Crippen LogP contribution is -2.46. The highest BCUT2D eigenvalue weighted by molar-refractivity contribution is 6.07. The second-order valence-corrected chi connectivity index (χ2v) is 7.72. The van der Waals surface area contributed by atoms with Crippen molar-refractivity contribution in [1.29, 1.82) is 0 Å². The van der Waals surface area contributed by atoms with Gasteiger partial charge in [0.05, 0.1) is 30.4 Å². The van der Waals surface area contributed by atoms with E-state index in [1.54, 1.807) is 63.2 Å². The second kappa shape index (κ2) is 11.7. The molecule has 0 saturated carbocycles. The first-order valence-corrected chi connectivity index (χ1v) is 11.3. The fraction of sp³-hybridized carbons (Fsp3) is 0.280. The van der Waals surface area contributed by atoms with Crippen molar-refractivity contribution < 1.29 is 33.4 Å². The quantitative estimate of drug-likeness (QED) is 0.368. The summed E-state index contributed by atoms with van der Waals surface area (Å²) in [5.41, 5.74) is 7.18. The molecule has 0 saturated heterocycles. The Balaban J connectivity index is 1.88. The molecule has 1 heterocycles. The average molecular weight is 497 g/mol. The van der Waals surface area contributed by atoms with E-state index in [1.807, 2.05) is 0 Å². The van der Waals surface area contributed by atoms with Crippen LogP contribution in [0.5, 0.6) is 11.5 Å². The lowest BCUT2D eigenvalue weighted by molar-refractivity contribution is -0.120. The lowest BCUT2D eigenvalue weighted by Gasteiger charge is -2.29. The molecule has 2 aromatic rings. The minimum atomic E-state index is -0.804. The molecule has 5 N–H and O–H groups in total. The summed E-state index contributed by atoms with van der Waals surface area (Å²) in [5, 5.41) is 8.17. The Morgan fingerprint density at radius 1 is 1.00 bits per heavy atom. The van der Waals surface area contributed by atoms with Crippen LogP contribution >= 0.6 is 0 Å². The first-order valence-electron chi connectivity index (χ1n) is 11.3. The van der Waals surface area contributed by atoms with E-state index in [2.05, 4.69) is 16.0 Å². The standard InChI is InChI=1S/C25H28N4O7/c1-4-34-19-12-16(8-11-18(19)36-13-20(26)30)22-21(14(3)27-25(33)29-22)23(31)28-17-9-6-15(7-10-17)24(32)35-5-2/h6-12,22H,4-5,13H2,1-3H3,(H2,26,30)(H,28,31)(H2,27,29,33)/t22-/m0/s1. The van der Waals surface area contributed by atoms with Crippen LogP contribution in [0.3, 0.4) is 0 Å². The van der Waals surface area contributed by atoms with Crippen LogP contribution in [-0.4, -0.2) is 43.6 Å². The van der Waals surface area contributed by atoms with E-state index in [1.165, 1.54) is 0 Å². The Kier molecular flexibility index (Phi) is 8.50. The molecule has 0 fully saturated rings. The van der Waals surface area contributed by atoms with Crippen molar-refractivity contribution in [2.24, 2.45) is 5.73 Å². The summed E-state index contributed by atoms with van der Waals surface area (Å²) >= 11 is 0. The molecule has 4 amide bonds. The first-order chi connectivity index (χ1) is 17.2. The fourth-order valence-corrected chi connectivity index (χ4v) is 3.59. The van der Waals surface area contributed by atoms with Gasteiger partial charge in [0.1, 0.15) is 0 Å². The fourth-order valence-electron chi connectivity index (χ4n) is 3.59. The van der Waals surface area contributed by atoms with Gasteiger partial charge in [-0.1, -0.05) is 6.07 Å². The number of ether oxygens (including phenoxy) is 3. The second-order valence-electron chi connectivity index (χ2n) is 7.72. The van der Waals surface area contributed by atoms with Crippen molar-refractivity contribution in [1.82, 2.24) is 10.6 Å². The van der Waals surface area contributed by atoms with E-state index in [0.717, 1.165) is 0 Å². The van der Waals surface area contributed by atoms with Crippen molar-refractivity contribution in [2.75, 3.05) is 25.1 Å². The molecule has 2 aromatic carbocycles. The van der Waals surface area contributed by atoms with E-state index in [-0.39, 0.29) is 18.8 Å². The number of benzene rings is 2. The number of nitrogens with one attached hydrogen (secondary N) is 3. The predicted molar refractivity (Wildman–Crippen MR) is 130 cm³/mol. The Labute approximate surface area is 208 Å². The first kappa shape index (κ1) is 26.1. The molecule has 1 atom stereocenters. The molecule has 3 rings (SSSR count). The molecule has 36 heavy (non-hydrogen) atoms. The summed E-state index contributed by atoms with van der Waals surface area (Å²) in [6.07, 6.45) is 0. The van der Waals surface area contributed by atoms with Crippen molar-refractivity contribution in [3.05, 3.63) is 64.9 Å². The molecule has 0 unspecified atom stereocenters. The molecular formula is C25H28N4O7. The Hall–Kier alpha value is -4.54. The summed E-state index contributed by atoms with van der Waals surface area (Å²) in [7, 11) is 0. The molecule has 11 nitrogen and oxygen atoms in total. The van der Waals surface area contributed by atoms with Crippen molar-refractivity contribution in [3.63, 3.8) is 0 Å². The number of nitrogens with two attached hydrogens (primary N) is 1. The number of carbonyl (C=O) groups excluding carboxylic acids is 4. The largest absolute Gasteiger partial charge is 0.490 e. The molecule has 0 spiro atoms. The predicted octanol–water partition coefficient (Wildman–Crippen LogP) is 2.39. The zero-order chi connectivity index (χ0) is 26.2. The zero-order valence-electron chi connectivity index (χ0n) is 20.2. The van der Waals surface area contributed by atoms with Gasteiger partial charge in [0.25, 0.3) is 11.8 Å². The van der Waals surface area contributed by atoms with Gasteiger partial charge in [-0.25, -0.2) is 9.59 Å². The van der Waals surface area contributed by atoms with E-state index >= 15 is 0 Å². The number of carbonyl (C=O) groups is 4. The van der Waals surface area contributed by atoms with Crippen LogP contribution < -0.4 is 31.2 Å². The third-order valence-corrected chi connectivity index (χ3v) is 5.14. The SMILES string of the molecule is CCOC(=O)c1ccc(NC(=O)C2=C(C)NC(=O)N[C@H]2c2ccc(OCC(N)=O)c(OCC)c2)cc1. The number of urea groups is 1. The van der Waals surface area contributed by atoms with Gasteiger partial charge in [0, 0.05) is 11.4 Å². The normalized spacial score (nSPS) is 14.9. The maximum Gasteiger partial charge on any atom is 0.338 e. The molecular weight excluding hydrogens is 468 g/mol. The van der Waals surface area contributed by atoms with E-state index in [0.29, 0.717) is 40.6 Å². The van der Waals surface area contributed by atoms with Crippen LogP contribution in [0.1, 0.15) is 42.7 Å². The molecule has 0 bridgehead atoms. The zero-order valence-corrected chi connectivity index (χ0v) is 20.2. The number of primary amides is 1. The van der Waals surface area contributed by atoms with Crippen molar-refractivity contribution in [2.45, 2.75) is 26.8 Å². The van der Waals surface area contributed by atoms with Gasteiger partial charge in [0.15, 0.2) is 18.1 Å². The Morgan fingerprint density at radius 3 is 2.36 bits per heavy atom. The average Bonchev–Trinajstić information content (AvgIpc) is 2.83. The van der Waals surface area contributed by atoms with Crippen molar-refractivity contribution in [3.8, 4) is 11.5 Å². The maximum absolute atomic E-state index is 13.3. The van der Waals surface area contributed by atoms with Gasteiger partial charge in [-0.05, 0) is 62.7 Å². The minimum Gasteiger partial charge on any atom is -0.490 e. The van der Waals surface area contributed by atoms with Crippen LogP contribution in [0.2, 0.25) is 0 Å². The Morgan fingerprint density at radius 2 is 1.72 bits per heavy atom. The number of amides is 4. The number of hydrogen-bond donors (Lipinski definition) is 4. The van der Waals surface area contributed by atoms with Crippen molar-refractivity contribution >= 4 is 29.5 Å². The number of hydrogen-bond acceptors (Lipinski definition) is 7. The summed E-state index contributed by atoms with van der Waals surface area (Å²) < 4.78 is 16.0. The maximum atomic E-state index is 13.3. The topological polar surface area (TPSA) is 158 Å². The third-order valence-electron chi connectivity index (χ3n) is 5.14. The molecule has 11 heteroatoms. The van der Waals surface area contributed by atoms with Gasteiger partial charge in [-0.2, -0.15) is 0 Å². The van der Waals surface area contributed by atoms with Crippen LogP contribution in [0.15, 0.2) is 53.7 Å². The van der Waals surface area contributed by atoms with Crippen LogP contribution in [0.4, 0.5) is 10.5 Å². The third kappa shape index (κ3) is 6.32. The van der Waals surface area contributed by atoms with Crippen LogP contribution in [0.25, 0.3) is 0 Å². The highest BCUT2D eigenvalue weighted by atomic mass is 16.5. The number of rotatable bonds is 10. The monoisotopic (exact) mass is 496 g/mol. The van der Waals surface area contributed by atoms with Gasteiger partial charge in [0.2, 0.25) is 0 Å². The molecule has 0 aliphatic carbocycles. The number of allylic oxidation sites excluding steroid dienone is 1. The molecule has 0 radical (unpaired) electrons. The van der Waals surface area contributed by atoms with Crippen LogP contribution in [-0.2, 0) is 14.3 Å². The van der Waals surface area contributed by atoms with E-state index in [4.69, 9.17) is 19.9 Å². The molecule has 1 aliphatic rings. The summed E-state index contributed by atoms with van der Waals surface area (Å²) in [4.78, 5) is 48.5. The van der Waals surface area contributed by atoms with Gasteiger partial charge in [-0.15, -0.1) is 0 Å². The molecule has 190 valence electrons. The van der Waals surface area contributed by atoms with E-state index < -0.39 is 29.9 Å². The summed E-state index contributed by atoms with van der Waals surface area (Å²) in [5.74, 6) is -0.925. The van der Waals surface area contributed by atoms with Gasteiger partial charge < -0.3 is 35.9 Å². The summed E-state index contributed by atoms with van der Waals surface area (Å²) in [6, 6.07) is 9.86. The highest BCUT2D eigenvalue weighted by Crippen LogP contribution is 2.35. The van der Waals surface area contributed by atoms with E-state index in [9.17, 15) is 19.2 Å². The highest BCUT2D eigenvalue weighted by Gasteiger charge is 2.32. The molecule has 0 aromatic heterocycles. The minimum absolute atomic E-state index is 0.258. The molecule has 1 aliphatic heterocycles. The number of esters is 1. The summed E-state index contributed by atoms with van der Waals surface area (Å²) in [6.45, 7) is 5.37. The Bertz CT molecular complexity index is 1190. The lowest BCUT2D eigenvalue weighted by atomic mass is 9.94. The van der Waals surface area contributed by atoms with Gasteiger partial charge >= 0.3 is 12.0 Å². The number of anilines is 1. The van der Waals surface area contributed by atoms with Gasteiger partial charge in [-0.3, -0.25) is 9.59 Å².